The van der Waals surface area contributed by atoms with Crippen molar-refractivity contribution >= 4 is 35.0 Å². The zero-order chi connectivity index (χ0) is 29.1. The van der Waals surface area contributed by atoms with Gasteiger partial charge in [-0.1, -0.05) is 26.2 Å². The van der Waals surface area contributed by atoms with Gasteiger partial charge in [0.2, 0.25) is 11.9 Å². The van der Waals surface area contributed by atoms with Crippen molar-refractivity contribution in [2.24, 2.45) is 5.41 Å². The Balaban J connectivity index is 1.40. The fourth-order valence-electron chi connectivity index (χ4n) is 6.41. The number of methoxy groups -OCH3 is 1. The van der Waals surface area contributed by atoms with Gasteiger partial charge < -0.3 is 30.3 Å². The van der Waals surface area contributed by atoms with Crippen LogP contribution in [0.5, 0.6) is 5.75 Å². The smallest absolute Gasteiger partial charge is 0.251 e. The average Bonchev–Trinajstić information content (AvgIpc) is 3.08. The van der Waals surface area contributed by atoms with Crippen molar-refractivity contribution in [3.05, 3.63) is 30.0 Å². The average molecular weight is 565 g/mol. The lowest BCUT2D eigenvalue weighted by Gasteiger charge is -2.38. The first-order valence-corrected chi connectivity index (χ1v) is 15.1. The van der Waals surface area contributed by atoms with E-state index in [0.717, 1.165) is 43.6 Å². The molecule has 0 radical (unpaired) electrons. The minimum Gasteiger partial charge on any atom is -0.495 e. The number of fused-ring (bicyclic) bond motifs is 1. The van der Waals surface area contributed by atoms with Crippen molar-refractivity contribution in [3.8, 4) is 5.75 Å². The number of ether oxygens (including phenoxy) is 1. The second-order valence-electron chi connectivity index (χ2n) is 12.1. The number of carbonyl (C=O) groups is 2. The van der Waals surface area contributed by atoms with Crippen molar-refractivity contribution in [2.75, 3.05) is 35.8 Å². The fraction of sp³-hybridized carbons (Fsp3) is 0.613. The first-order valence-electron chi connectivity index (χ1n) is 15.1. The highest BCUT2D eigenvalue weighted by Gasteiger charge is 2.43. The van der Waals surface area contributed by atoms with Gasteiger partial charge in [-0.25, -0.2) is 4.98 Å². The quantitative estimate of drug-likeness (QED) is 0.439. The highest BCUT2D eigenvalue weighted by Crippen LogP contribution is 2.41. The summed E-state index contributed by atoms with van der Waals surface area (Å²) in [7, 11) is 3.39. The zero-order valence-corrected chi connectivity index (χ0v) is 24.8. The first-order chi connectivity index (χ1) is 19.7. The molecule has 1 atom stereocenters. The maximum atomic E-state index is 13.5. The lowest BCUT2D eigenvalue weighted by atomic mass is 9.84. The molecule has 1 aliphatic heterocycles. The number of anilines is 4. The van der Waals surface area contributed by atoms with Gasteiger partial charge in [-0.3, -0.25) is 9.59 Å². The predicted molar refractivity (Wildman–Crippen MR) is 160 cm³/mol. The SMILES string of the molecule is CC[C@]1(C)CN(C2CCCCC2)c2nc(Nc3ccc(C(=O)NC4CCC(O)CC4)cc3OC)ncc2N(C)C1=O. The van der Waals surface area contributed by atoms with Crippen LogP contribution in [0, 0.1) is 5.41 Å². The number of carbonyl (C=O) groups excluding carboxylic acids is 2. The molecular formula is C31H44N6O4. The molecule has 10 nitrogen and oxygen atoms in total. The van der Waals surface area contributed by atoms with E-state index in [-0.39, 0.29) is 24.0 Å². The molecule has 41 heavy (non-hydrogen) atoms. The van der Waals surface area contributed by atoms with Gasteiger partial charge in [0.1, 0.15) is 11.4 Å². The number of hydrogen-bond donors (Lipinski definition) is 3. The Kier molecular flexibility index (Phi) is 8.68. The standard InChI is InChI=1S/C31H44N6O4/c1-5-31(2)19-37(22-9-7-6-8-10-22)27-25(36(3)29(31)40)18-32-30(35-27)34-24-16-11-20(17-26(24)41-4)28(39)33-21-12-14-23(38)15-13-21/h11,16-18,21-23,38H,5-10,12-15,19H2,1-4H3,(H,33,39)(H,32,34,35)/t21?,23?,31-/m1/s1. The van der Waals surface area contributed by atoms with Gasteiger partial charge in [-0.2, -0.15) is 4.98 Å². The Hall–Kier alpha value is -3.40. The van der Waals surface area contributed by atoms with E-state index in [1.54, 1.807) is 36.4 Å². The molecule has 2 amide bonds. The number of benzene rings is 1. The molecule has 0 unspecified atom stereocenters. The molecule has 222 valence electrons. The van der Waals surface area contributed by atoms with E-state index in [1.807, 2.05) is 7.05 Å². The summed E-state index contributed by atoms with van der Waals surface area (Å²) >= 11 is 0. The van der Waals surface area contributed by atoms with Gasteiger partial charge in [-0.15, -0.1) is 0 Å². The molecule has 1 aromatic carbocycles. The van der Waals surface area contributed by atoms with Gasteiger partial charge in [0, 0.05) is 31.2 Å². The summed E-state index contributed by atoms with van der Waals surface area (Å²) in [5, 5.41) is 16.1. The largest absolute Gasteiger partial charge is 0.495 e. The number of rotatable bonds is 7. The van der Waals surface area contributed by atoms with Gasteiger partial charge in [0.15, 0.2) is 5.82 Å². The molecular weight excluding hydrogens is 520 g/mol. The molecule has 0 spiro atoms. The van der Waals surface area contributed by atoms with Crippen LogP contribution in [0.25, 0.3) is 0 Å². The second kappa shape index (κ2) is 12.2. The molecule has 2 aliphatic carbocycles. The number of aromatic nitrogens is 2. The van der Waals surface area contributed by atoms with Gasteiger partial charge in [0.25, 0.3) is 5.91 Å². The van der Waals surface area contributed by atoms with Crippen LogP contribution in [0.15, 0.2) is 24.4 Å². The Labute approximate surface area is 242 Å². The summed E-state index contributed by atoms with van der Waals surface area (Å²) in [5.41, 5.74) is 1.35. The summed E-state index contributed by atoms with van der Waals surface area (Å²) in [6.45, 7) is 4.75. The number of nitrogens with zero attached hydrogens (tertiary/aromatic N) is 4. The minimum atomic E-state index is -0.516. The predicted octanol–water partition coefficient (Wildman–Crippen LogP) is 4.79. The monoisotopic (exact) mass is 564 g/mol. The van der Waals surface area contributed by atoms with Crippen molar-refractivity contribution in [2.45, 2.75) is 96.2 Å². The van der Waals surface area contributed by atoms with Crippen LogP contribution in [-0.4, -0.2) is 65.8 Å². The van der Waals surface area contributed by atoms with Crippen molar-refractivity contribution in [3.63, 3.8) is 0 Å². The molecule has 2 saturated carbocycles. The summed E-state index contributed by atoms with van der Waals surface area (Å²) in [5.74, 6) is 1.61. The van der Waals surface area contributed by atoms with Gasteiger partial charge >= 0.3 is 0 Å². The molecule has 2 aromatic rings. The third kappa shape index (κ3) is 6.12. The first kappa shape index (κ1) is 29.1. The lowest BCUT2D eigenvalue weighted by molar-refractivity contribution is -0.126. The van der Waals surface area contributed by atoms with E-state index in [9.17, 15) is 14.7 Å². The molecule has 0 saturated heterocycles. The van der Waals surface area contributed by atoms with E-state index in [1.165, 1.54) is 19.3 Å². The second-order valence-corrected chi connectivity index (χ2v) is 12.1. The van der Waals surface area contributed by atoms with E-state index in [2.05, 4.69) is 34.4 Å². The van der Waals surface area contributed by atoms with Crippen molar-refractivity contribution in [1.29, 1.82) is 0 Å². The maximum Gasteiger partial charge on any atom is 0.251 e. The molecule has 0 bridgehead atoms. The normalized spacial score (nSPS) is 25.3. The maximum absolute atomic E-state index is 13.5. The molecule has 2 fully saturated rings. The van der Waals surface area contributed by atoms with Crippen molar-refractivity contribution in [1.82, 2.24) is 15.3 Å². The Morgan fingerprint density at radius 3 is 2.56 bits per heavy atom. The Morgan fingerprint density at radius 2 is 1.88 bits per heavy atom. The van der Waals surface area contributed by atoms with E-state index in [4.69, 9.17) is 9.72 Å². The van der Waals surface area contributed by atoms with Gasteiger partial charge in [0.05, 0.1) is 30.5 Å². The molecule has 3 aliphatic rings. The highest BCUT2D eigenvalue weighted by molar-refractivity contribution is 6.01. The summed E-state index contributed by atoms with van der Waals surface area (Å²) in [4.78, 5) is 40.1. The minimum absolute atomic E-state index is 0.0642. The molecule has 10 heteroatoms. The number of hydrogen-bond acceptors (Lipinski definition) is 8. The molecule has 5 rings (SSSR count). The lowest BCUT2D eigenvalue weighted by Crippen LogP contribution is -2.47. The summed E-state index contributed by atoms with van der Waals surface area (Å²) < 4.78 is 5.64. The van der Waals surface area contributed by atoms with Crippen LogP contribution >= 0.6 is 0 Å². The van der Waals surface area contributed by atoms with E-state index < -0.39 is 5.41 Å². The van der Waals surface area contributed by atoms with Crippen LogP contribution in [0.1, 0.15) is 88.4 Å². The van der Waals surface area contributed by atoms with E-state index in [0.29, 0.717) is 48.4 Å². The summed E-state index contributed by atoms with van der Waals surface area (Å²) in [6.07, 6.45) is 10.9. The van der Waals surface area contributed by atoms with Gasteiger partial charge in [-0.05, 0) is 70.1 Å². The highest BCUT2D eigenvalue weighted by atomic mass is 16.5. The molecule has 2 heterocycles. The fourth-order valence-corrected chi connectivity index (χ4v) is 6.41. The van der Waals surface area contributed by atoms with Crippen LogP contribution in [0.2, 0.25) is 0 Å². The number of aliphatic hydroxyl groups is 1. The topological polar surface area (TPSA) is 120 Å². The third-order valence-corrected chi connectivity index (χ3v) is 9.26. The number of aliphatic hydroxyl groups excluding tert-OH is 1. The van der Waals surface area contributed by atoms with Crippen LogP contribution in [0.3, 0.4) is 0 Å². The van der Waals surface area contributed by atoms with Crippen LogP contribution in [-0.2, 0) is 4.79 Å². The Bertz CT molecular complexity index is 1260. The zero-order valence-electron chi connectivity index (χ0n) is 24.8. The van der Waals surface area contributed by atoms with Crippen molar-refractivity contribution < 1.29 is 19.4 Å². The third-order valence-electron chi connectivity index (χ3n) is 9.26. The number of nitrogens with one attached hydrogen (secondary N) is 2. The van der Waals surface area contributed by atoms with Crippen LogP contribution in [0.4, 0.5) is 23.1 Å². The Morgan fingerprint density at radius 1 is 1.15 bits per heavy atom. The molecule has 3 N–H and O–H groups in total. The summed E-state index contributed by atoms with van der Waals surface area (Å²) in [6, 6.07) is 5.67. The molecule has 1 aromatic heterocycles. The van der Waals surface area contributed by atoms with E-state index >= 15 is 0 Å². The number of amides is 2. The van der Waals surface area contributed by atoms with Crippen LogP contribution < -0.4 is 25.2 Å².